The highest BCUT2D eigenvalue weighted by Crippen LogP contribution is 2.72. The summed E-state index contributed by atoms with van der Waals surface area (Å²) >= 11 is 0. The number of hydrogen-bond donors (Lipinski definition) is 3. The van der Waals surface area contributed by atoms with Crippen molar-refractivity contribution < 1.29 is 67.7 Å². The third kappa shape index (κ3) is 19.2. The Bertz CT molecular complexity index is 3110. The van der Waals surface area contributed by atoms with Gasteiger partial charge < -0.3 is 43.7 Å². The fraction of sp³-hybridized carbons (Fsp3) is 0.950. The molecule has 0 spiro atoms. The minimum atomic E-state index is -0.914. The van der Waals surface area contributed by atoms with Crippen molar-refractivity contribution in [1.82, 2.24) is 0 Å². The third-order valence-electron chi connectivity index (χ3n) is 37.1. The predicted octanol–water partition coefficient (Wildman–Crippen LogP) is 21.6. The van der Waals surface area contributed by atoms with Gasteiger partial charge in [0.1, 0.15) is 5.60 Å². The molecule has 652 valence electrons. The monoisotopic (exact) mass is 1590 g/mol. The van der Waals surface area contributed by atoms with Crippen LogP contribution in [-0.2, 0) is 52.4 Å². The van der Waals surface area contributed by atoms with E-state index in [4.69, 9.17) is 23.7 Å². The van der Waals surface area contributed by atoms with Crippen LogP contribution in [0.4, 0.5) is 0 Å². The molecule has 0 aromatic rings. The van der Waals surface area contributed by atoms with Crippen LogP contribution >= 0.6 is 0 Å². The maximum atomic E-state index is 12.4. The van der Waals surface area contributed by atoms with Crippen LogP contribution in [0.3, 0.4) is 0 Å². The smallest absolute Gasteiger partial charge is 0.308 e. The Balaban J connectivity index is 0.000000132. The molecule has 15 aliphatic carbocycles. The number of hydrogen-bond acceptors (Lipinski definition) is 14. The van der Waals surface area contributed by atoms with Gasteiger partial charge in [-0.1, -0.05) is 133 Å². The van der Waals surface area contributed by atoms with Crippen molar-refractivity contribution in [1.29, 1.82) is 0 Å². The Kier molecular flexibility index (Phi) is 30.7. The van der Waals surface area contributed by atoms with Crippen molar-refractivity contribution in [3.05, 3.63) is 0 Å². The van der Waals surface area contributed by atoms with Gasteiger partial charge in [-0.05, 0) is 370 Å². The number of ether oxygens (including phenoxy) is 6. The molecule has 1 saturated heterocycles. The van der Waals surface area contributed by atoms with Crippen molar-refractivity contribution in [2.45, 2.75) is 364 Å². The standard InChI is InChI=1S/C21H34O3.C21H36O2.C20H34O3.2C19H32O3/c1-3-13-9-14(4-2)21-17-11-16(20(13)21)10-15(17)12-18(22)24-19-7-5-6-8-23-19;1-6-13-10-14(7-2)20-17-12-16(19(13)20)11-15(17)8-9-18(22)23-21(3,4)5;1-5-12-7-13(6-2)19-16-9-14(18(12)19)8-15(16)10-20(3,22)11-17(21)23-4;1-5-11-7-12(6-2)18-14-8-13(17(11)18)9-15(14)19(3,21)10-16(20)22-4;1-4-11-6-12(5-2)19-16-9-14(18(11)19)7-13(16)8-15(20)10-17(21)22-3/h13-17,19-21H,3-12H2,1-2H3;13-17,19-20H,6-12H2,1-5H3;12-16,18-19,22H,5-11H2,1-4H3;11-15,17-18,21H,5-10H2,1-4H3;11-16,18-20H,4-10H2,1-3H3. The van der Waals surface area contributed by atoms with Gasteiger partial charge in [0.05, 0.1) is 64.5 Å². The summed E-state index contributed by atoms with van der Waals surface area (Å²) in [5, 5.41) is 31.8. The fourth-order valence-electron chi connectivity index (χ4n) is 33.4. The summed E-state index contributed by atoms with van der Waals surface area (Å²) in [5.74, 6) is 28.9. The number of esters is 5. The van der Waals surface area contributed by atoms with E-state index < -0.39 is 17.3 Å². The fourth-order valence-corrected chi connectivity index (χ4v) is 33.4. The van der Waals surface area contributed by atoms with E-state index in [1.54, 1.807) is 0 Å². The van der Waals surface area contributed by atoms with Crippen LogP contribution in [0.15, 0.2) is 0 Å². The summed E-state index contributed by atoms with van der Waals surface area (Å²) < 4.78 is 30.9. The van der Waals surface area contributed by atoms with Gasteiger partial charge in [-0.15, -0.1) is 0 Å². The zero-order valence-corrected chi connectivity index (χ0v) is 75.4. The van der Waals surface area contributed by atoms with Crippen LogP contribution in [0.5, 0.6) is 0 Å². The Labute approximate surface area is 693 Å². The summed E-state index contributed by atoms with van der Waals surface area (Å²) in [4.78, 5) is 59.0. The quantitative estimate of drug-likeness (QED) is 0.0518. The van der Waals surface area contributed by atoms with E-state index in [9.17, 15) is 39.3 Å². The first-order valence-corrected chi connectivity index (χ1v) is 48.8. The van der Waals surface area contributed by atoms with Crippen molar-refractivity contribution in [3.63, 3.8) is 0 Å². The van der Waals surface area contributed by atoms with Gasteiger partial charge in [0.2, 0.25) is 6.29 Å². The van der Waals surface area contributed by atoms with Crippen molar-refractivity contribution in [2.75, 3.05) is 27.9 Å². The summed E-state index contributed by atoms with van der Waals surface area (Å²) in [6.45, 7) is 33.9. The molecule has 14 nitrogen and oxygen atoms in total. The zero-order chi connectivity index (χ0) is 82.2. The SMILES string of the molecule is CCC1CC(CC)C2C3CC(CC3C(C)(O)CC(=O)OC)C12.CCC1CC(CC)C2C3CC(CC3CC(=O)OC3CCCCO3)C12.CCC1CC(CC)C2C3CC(CC3CC(C)(O)CC(=O)OC)C12.CCC1CC(CC)C2C3CC(CC3CC(O)CC(=O)OC)C12.CCC1CC(CC)C2C3CC(CC3CCC(=O)OC(C)(C)C)C12. The molecule has 114 heavy (non-hydrogen) atoms. The van der Waals surface area contributed by atoms with Crippen molar-refractivity contribution >= 4 is 29.8 Å². The lowest BCUT2D eigenvalue weighted by atomic mass is 9.65. The van der Waals surface area contributed by atoms with E-state index in [0.29, 0.717) is 36.5 Å². The van der Waals surface area contributed by atoms with Gasteiger partial charge in [0.25, 0.3) is 0 Å². The summed E-state index contributed by atoms with van der Waals surface area (Å²) in [6, 6.07) is 0. The molecule has 0 aromatic carbocycles. The summed E-state index contributed by atoms with van der Waals surface area (Å²) in [7, 11) is 4.20. The van der Waals surface area contributed by atoms with E-state index in [1.165, 1.54) is 175 Å². The third-order valence-corrected chi connectivity index (χ3v) is 37.1. The lowest BCUT2D eigenvalue weighted by Crippen LogP contribution is -2.44. The largest absolute Gasteiger partial charge is 0.469 e. The second kappa shape index (κ2) is 38.7. The number of carbonyl (C=O) groups is 5. The molecular formula is C100H168O14. The predicted molar refractivity (Wildman–Crippen MR) is 450 cm³/mol. The van der Waals surface area contributed by atoms with Crippen LogP contribution in [-0.4, -0.2) is 102 Å². The minimum absolute atomic E-state index is 0.00159. The molecule has 0 aromatic heterocycles. The number of carbonyl (C=O) groups excluding carboxylic acids is 5. The van der Waals surface area contributed by atoms with Gasteiger partial charge in [0.15, 0.2) is 0 Å². The average molecular weight is 1590 g/mol. The number of fused-ring (bicyclic) bond motifs is 25. The first kappa shape index (κ1) is 90.4. The average Bonchev–Trinajstić information content (AvgIpc) is 1.58. The van der Waals surface area contributed by atoms with E-state index in [-0.39, 0.29) is 66.9 Å². The second-order valence-corrected chi connectivity index (χ2v) is 43.6. The molecule has 39 atom stereocenters. The van der Waals surface area contributed by atoms with Gasteiger partial charge in [-0.2, -0.15) is 0 Å². The van der Waals surface area contributed by atoms with Gasteiger partial charge in [-0.25, -0.2) is 0 Å². The van der Waals surface area contributed by atoms with E-state index in [1.807, 2.05) is 34.6 Å². The molecule has 10 bridgehead atoms. The molecule has 3 N–H and O–H groups in total. The molecule has 39 unspecified atom stereocenters. The molecule has 15 saturated carbocycles. The maximum Gasteiger partial charge on any atom is 0.308 e. The van der Waals surface area contributed by atoms with Crippen LogP contribution in [0, 0.1) is 207 Å². The highest BCUT2D eigenvalue weighted by atomic mass is 16.7. The Morgan fingerprint density at radius 2 is 0.746 bits per heavy atom. The molecule has 1 aliphatic heterocycles. The molecule has 1 heterocycles. The number of aliphatic hydroxyl groups is 3. The van der Waals surface area contributed by atoms with Gasteiger partial charge in [0, 0.05) is 19.3 Å². The summed E-state index contributed by atoms with van der Waals surface area (Å²) in [5.41, 5.74) is -2.16. The molecule has 16 rings (SSSR count). The van der Waals surface area contributed by atoms with Crippen molar-refractivity contribution in [3.8, 4) is 0 Å². The summed E-state index contributed by atoms with van der Waals surface area (Å²) in [6.07, 6.45) is 40.4. The number of methoxy groups -OCH3 is 3. The first-order chi connectivity index (χ1) is 54.4. The lowest BCUT2D eigenvalue weighted by molar-refractivity contribution is -0.188. The van der Waals surface area contributed by atoms with Gasteiger partial charge in [-0.3, -0.25) is 24.0 Å². The van der Waals surface area contributed by atoms with E-state index >= 15 is 0 Å². The number of rotatable bonds is 27. The molecule has 16 aliphatic rings. The minimum Gasteiger partial charge on any atom is -0.469 e. The van der Waals surface area contributed by atoms with Gasteiger partial charge >= 0.3 is 29.8 Å². The van der Waals surface area contributed by atoms with Crippen LogP contribution in [0.25, 0.3) is 0 Å². The van der Waals surface area contributed by atoms with Crippen LogP contribution in [0.2, 0.25) is 0 Å². The Hall–Kier alpha value is -2.81. The second-order valence-electron chi connectivity index (χ2n) is 43.6. The Morgan fingerprint density at radius 1 is 0.386 bits per heavy atom. The number of aliphatic hydroxyl groups excluding tert-OH is 1. The lowest BCUT2D eigenvalue weighted by Gasteiger charge is -2.42. The molecule has 16 fully saturated rings. The first-order valence-electron chi connectivity index (χ1n) is 48.8. The molecular weight excluding hydrogens is 1430 g/mol. The molecule has 0 radical (unpaired) electrons. The van der Waals surface area contributed by atoms with Crippen LogP contribution in [0.1, 0.15) is 335 Å². The normalized spacial score (nSPS) is 44.6. The highest BCUT2D eigenvalue weighted by molar-refractivity contribution is 5.71. The van der Waals surface area contributed by atoms with Crippen LogP contribution < -0.4 is 0 Å². The zero-order valence-electron chi connectivity index (χ0n) is 75.4. The van der Waals surface area contributed by atoms with E-state index in [2.05, 4.69) is 74.0 Å². The maximum absolute atomic E-state index is 12.4. The van der Waals surface area contributed by atoms with Crippen molar-refractivity contribution in [2.24, 2.45) is 207 Å². The Morgan fingerprint density at radius 3 is 1.16 bits per heavy atom. The topological polar surface area (TPSA) is 201 Å². The molecule has 14 heteroatoms. The van der Waals surface area contributed by atoms with E-state index in [0.717, 1.165) is 229 Å². The molecule has 0 amide bonds. The highest BCUT2D eigenvalue weighted by Gasteiger charge is 2.66.